The molecule has 18 heavy (non-hydrogen) atoms. The van der Waals surface area contributed by atoms with Crippen molar-refractivity contribution in [3.05, 3.63) is 18.0 Å². The van der Waals surface area contributed by atoms with Crippen LogP contribution in [0.5, 0.6) is 0 Å². The molecule has 1 aliphatic rings. The van der Waals surface area contributed by atoms with Crippen molar-refractivity contribution >= 4 is 11.6 Å². The smallest absolute Gasteiger partial charge is 0.267 e. The number of carbonyl (C=O) groups is 1. The minimum Gasteiger partial charge on any atom is -0.397 e. The van der Waals surface area contributed by atoms with Crippen LogP contribution in [0.1, 0.15) is 48.6 Å². The van der Waals surface area contributed by atoms with Crippen LogP contribution in [0.2, 0.25) is 0 Å². The second-order valence-electron chi connectivity index (χ2n) is 4.71. The predicted octanol–water partition coefficient (Wildman–Crippen LogP) is 1.94. The van der Waals surface area contributed by atoms with Crippen LogP contribution < -0.4 is 11.1 Å². The van der Waals surface area contributed by atoms with E-state index in [1.165, 1.54) is 0 Å². The van der Waals surface area contributed by atoms with E-state index in [0.29, 0.717) is 24.0 Å². The molecular formula is C14H19N3O. The van der Waals surface area contributed by atoms with Crippen LogP contribution in [-0.2, 0) is 0 Å². The Bertz CT molecular complexity index is 466. The average Bonchev–Trinajstić information content (AvgIpc) is 3.12. The molecule has 2 rings (SSSR count). The molecule has 0 bridgehead atoms. The van der Waals surface area contributed by atoms with Crippen molar-refractivity contribution in [2.24, 2.45) is 0 Å². The summed E-state index contributed by atoms with van der Waals surface area (Å²) in [6, 6.07) is 2.21. The van der Waals surface area contributed by atoms with Crippen LogP contribution in [0.3, 0.4) is 0 Å². The second-order valence-corrected chi connectivity index (χ2v) is 4.71. The summed E-state index contributed by atoms with van der Waals surface area (Å²) in [6.45, 7) is 0.663. The molecule has 0 saturated heterocycles. The van der Waals surface area contributed by atoms with Crippen molar-refractivity contribution in [2.75, 3.05) is 12.3 Å². The van der Waals surface area contributed by atoms with Crippen LogP contribution in [0.15, 0.2) is 12.3 Å². The summed E-state index contributed by atoms with van der Waals surface area (Å²) in [5.74, 6) is 2.55. The molecule has 0 aliphatic heterocycles. The summed E-state index contributed by atoms with van der Waals surface area (Å²) in [5, 5.41) is 2.91. The van der Waals surface area contributed by atoms with E-state index in [-0.39, 0.29) is 5.91 Å². The Kier molecular flexibility index (Phi) is 3.93. The van der Waals surface area contributed by atoms with Gasteiger partial charge in [-0.05, 0) is 31.7 Å². The maximum atomic E-state index is 12.0. The van der Waals surface area contributed by atoms with Crippen LogP contribution in [0.25, 0.3) is 0 Å². The Morgan fingerprint density at radius 1 is 1.56 bits per heavy atom. The Balaban J connectivity index is 1.86. The highest BCUT2D eigenvalue weighted by atomic mass is 16.1. The zero-order valence-corrected chi connectivity index (χ0v) is 10.5. The van der Waals surface area contributed by atoms with Gasteiger partial charge in [0, 0.05) is 25.2 Å². The number of nitrogens with zero attached hydrogens (tertiary/aromatic N) is 1. The molecule has 1 saturated carbocycles. The van der Waals surface area contributed by atoms with Crippen molar-refractivity contribution in [3.8, 4) is 12.3 Å². The summed E-state index contributed by atoms with van der Waals surface area (Å²) in [6.07, 6.45) is 11.9. The highest BCUT2D eigenvalue weighted by molar-refractivity contribution is 5.93. The third-order valence-electron chi connectivity index (χ3n) is 3.08. The molecule has 0 spiro atoms. The molecule has 1 heterocycles. The summed E-state index contributed by atoms with van der Waals surface area (Å²) < 4.78 is 1.99. The number of nitrogen functional groups attached to an aromatic ring is 1. The van der Waals surface area contributed by atoms with E-state index >= 15 is 0 Å². The summed E-state index contributed by atoms with van der Waals surface area (Å²) in [7, 11) is 0. The van der Waals surface area contributed by atoms with Gasteiger partial charge in [0.25, 0.3) is 5.91 Å². The van der Waals surface area contributed by atoms with Crippen molar-refractivity contribution < 1.29 is 4.79 Å². The molecule has 0 unspecified atom stereocenters. The number of unbranched alkanes of at least 4 members (excludes halogenated alkanes) is 2. The van der Waals surface area contributed by atoms with Gasteiger partial charge in [-0.3, -0.25) is 4.79 Å². The van der Waals surface area contributed by atoms with E-state index in [0.717, 1.165) is 32.1 Å². The van der Waals surface area contributed by atoms with Crippen molar-refractivity contribution in [2.45, 2.75) is 38.1 Å². The van der Waals surface area contributed by atoms with E-state index in [9.17, 15) is 4.79 Å². The minimum atomic E-state index is -0.0423. The maximum Gasteiger partial charge on any atom is 0.267 e. The molecule has 0 radical (unpaired) electrons. The van der Waals surface area contributed by atoms with E-state index in [1.54, 1.807) is 6.07 Å². The van der Waals surface area contributed by atoms with Gasteiger partial charge in [0.15, 0.2) is 0 Å². The number of nitrogens with two attached hydrogens (primary N) is 1. The fourth-order valence-electron chi connectivity index (χ4n) is 1.98. The van der Waals surface area contributed by atoms with Crippen LogP contribution in [0.4, 0.5) is 5.69 Å². The lowest BCUT2D eigenvalue weighted by atomic mass is 10.2. The average molecular weight is 245 g/mol. The lowest BCUT2D eigenvalue weighted by molar-refractivity contribution is 0.0943. The minimum absolute atomic E-state index is 0.0423. The fraction of sp³-hybridized carbons (Fsp3) is 0.500. The predicted molar refractivity (Wildman–Crippen MR) is 72.1 cm³/mol. The highest BCUT2D eigenvalue weighted by Crippen LogP contribution is 2.37. The van der Waals surface area contributed by atoms with Gasteiger partial charge < -0.3 is 15.6 Å². The van der Waals surface area contributed by atoms with Crippen molar-refractivity contribution in [3.63, 3.8) is 0 Å². The van der Waals surface area contributed by atoms with Gasteiger partial charge in [-0.2, -0.15) is 0 Å². The monoisotopic (exact) mass is 245 g/mol. The molecule has 4 nitrogen and oxygen atoms in total. The third-order valence-corrected chi connectivity index (χ3v) is 3.08. The molecule has 0 atom stereocenters. The van der Waals surface area contributed by atoms with E-state index in [2.05, 4.69) is 11.2 Å². The first kappa shape index (κ1) is 12.6. The standard InChI is InChI=1S/C14H19N3O/c1-2-3-4-5-8-16-14(18)13-9-11(15)10-17(13)12-6-7-12/h1,9-10,12H,3-8,15H2,(H,16,18). The highest BCUT2D eigenvalue weighted by Gasteiger charge is 2.27. The summed E-state index contributed by atoms with van der Waals surface area (Å²) in [4.78, 5) is 12.0. The molecule has 1 aromatic rings. The molecule has 1 fully saturated rings. The SMILES string of the molecule is C#CCCCCNC(=O)c1cc(N)cn1C1CC1. The second kappa shape index (κ2) is 5.63. The first-order chi connectivity index (χ1) is 8.72. The first-order valence-corrected chi connectivity index (χ1v) is 6.41. The normalized spacial score (nSPS) is 14.2. The van der Waals surface area contributed by atoms with Gasteiger partial charge in [0.2, 0.25) is 0 Å². The summed E-state index contributed by atoms with van der Waals surface area (Å²) in [5.41, 5.74) is 7.08. The van der Waals surface area contributed by atoms with E-state index in [1.807, 2.05) is 10.8 Å². The number of nitrogens with one attached hydrogen (secondary N) is 1. The molecule has 96 valence electrons. The lowest BCUT2D eigenvalue weighted by Gasteiger charge is -2.08. The quantitative estimate of drug-likeness (QED) is 0.594. The number of hydrogen-bond acceptors (Lipinski definition) is 2. The van der Waals surface area contributed by atoms with Gasteiger partial charge in [-0.1, -0.05) is 0 Å². The van der Waals surface area contributed by atoms with Crippen LogP contribution in [0, 0.1) is 12.3 Å². The van der Waals surface area contributed by atoms with Gasteiger partial charge in [0.05, 0.1) is 5.69 Å². The summed E-state index contributed by atoms with van der Waals surface area (Å²) >= 11 is 0. The van der Waals surface area contributed by atoms with Gasteiger partial charge in [-0.25, -0.2) is 0 Å². The van der Waals surface area contributed by atoms with Crippen LogP contribution in [-0.4, -0.2) is 17.0 Å². The van der Waals surface area contributed by atoms with Crippen LogP contribution >= 0.6 is 0 Å². The number of terminal acetylenes is 1. The number of anilines is 1. The Labute approximate surface area is 108 Å². The molecule has 1 aliphatic carbocycles. The maximum absolute atomic E-state index is 12.0. The third kappa shape index (κ3) is 3.07. The van der Waals surface area contributed by atoms with E-state index < -0.39 is 0 Å². The largest absolute Gasteiger partial charge is 0.397 e. The molecule has 4 heteroatoms. The van der Waals surface area contributed by atoms with Gasteiger partial charge in [0.1, 0.15) is 5.69 Å². The van der Waals surface area contributed by atoms with Crippen molar-refractivity contribution in [1.29, 1.82) is 0 Å². The molecule has 1 aromatic heterocycles. The Morgan fingerprint density at radius 3 is 3.00 bits per heavy atom. The zero-order chi connectivity index (χ0) is 13.0. The van der Waals surface area contributed by atoms with Crippen molar-refractivity contribution in [1.82, 2.24) is 9.88 Å². The lowest BCUT2D eigenvalue weighted by Crippen LogP contribution is -2.26. The topological polar surface area (TPSA) is 60.1 Å². The Hall–Kier alpha value is -1.89. The molecular weight excluding hydrogens is 226 g/mol. The van der Waals surface area contributed by atoms with E-state index in [4.69, 9.17) is 12.2 Å². The number of aromatic nitrogens is 1. The number of rotatable bonds is 6. The molecule has 0 aromatic carbocycles. The first-order valence-electron chi connectivity index (χ1n) is 6.41. The van der Waals surface area contributed by atoms with Gasteiger partial charge >= 0.3 is 0 Å². The Morgan fingerprint density at radius 2 is 2.33 bits per heavy atom. The number of carbonyl (C=O) groups excluding carboxylic acids is 1. The molecule has 3 N–H and O–H groups in total. The van der Waals surface area contributed by atoms with Gasteiger partial charge in [-0.15, -0.1) is 12.3 Å². The fourth-order valence-corrected chi connectivity index (χ4v) is 1.98. The zero-order valence-electron chi connectivity index (χ0n) is 10.5. The number of amides is 1. The molecule has 1 amide bonds. The number of hydrogen-bond donors (Lipinski definition) is 2.